The van der Waals surface area contributed by atoms with Gasteiger partial charge in [0.1, 0.15) is 18.3 Å². The summed E-state index contributed by atoms with van der Waals surface area (Å²) in [6.45, 7) is 13.0. The fraction of sp³-hybridized carbons (Fsp3) is 0.684. The van der Waals surface area contributed by atoms with Gasteiger partial charge in [0, 0.05) is 22.5 Å². The second-order valence-corrected chi connectivity index (χ2v) is 8.32. The van der Waals surface area contributed by atoms with Crippen molar-refractivity contribution in [3.05, 3.63) is 24.3 Å². The van der Waals surface area contributed by atoms with Crippen LogP contribution in [0.15, 0.2) is 24.3 Å². The van der Waals surface area contributed by atoms with E-state index in [0.717, 1.165) is 12.8 Å². The molecule has 4 fully saturated rings. The van der Waals surface area contributed by atoms with Crippen LogP contribution in [0.25, 0.3) is 0 Å². The number of aliphatic hydroxyl groups is 1. The maximum atomic E-state index is 12.3. The Kier molecular flexibility index (Phi) is 3.32. The molecule has 3 aliphatic heterocycles. The van der Waals surface area contributed by atoms with E-state index in [1.165, 1.54) is 0 Å². The number of fused-ring (bicyclic) bond motifs is 6. The van der Waals surface area contributed by atoms with E-state index < -0.39 is 47.2 Å². The van der Waals surface area contributed by atoms with Crippen molar-refractivity contribution in [2.75, 3.05) is 0 Å². The lowest BCUT2D eigenvalue weighted by Gasteiger charge is -2.54. The first-order valence-electron chi connectivity index (χ1n) is 8.73. The van der Waals surface area contributed by atoms with Gasteiger partial charge in [-0.25, -0.2) is 9.59 Å². The summed E-state index contributed by atoms with van der Waals surface area (Å²) in [6.07, 6.45) is -0.805. The summed E-state index contributed by atoms with van der Waals surface area (Å²) in [5.41, 5.74) is -0.636. The number of rotatable bonds is 2. The molecule has 136 valence electrons. The van der Waals surface area contributed by atoms with Crippen molar-refractivity contribution in [1.29, 1.82) is 0 Å². The van der Waals surface area contributed by atoms with Crippen LogP contribution in [0.1, 0.15) is 33.6 Å². The zero-order valence-electron chi connectivity index (χ0n) is 14.8. The molecule has 3 saturated heterocycles. The molecule has 0 aromatic rings. The van der Waals surface area contributed by atoms with Crippen LogP contribution in [0.2, 0.25) is 0 Å². The summed E-state index contributed by atoms with van der Waals surface area (Å²) in [4.78, 5) is 24.4. The van der Waals surface area contributed by atoms with Crippen LogP contribution in [-0.4, -0.2) is 47.1 Å². The maximum Gasteiger partial charge on any atom is 0.334 e. The van der Waals surface area contributed by atoms with Gasteiger partial charge in [-0.05, 0) is 26.7 Å². The quantitative estimate of drug-likeness (QED) is 0.602. The predicted octanol–water partition coefficient (Wildman–Crippen LogP) is 1.52. The van der Waals surface area contributed by atoms with Crippen LogP contribution in [0.3, 0.4) is 0 Å². The van der Waals surface area contributed by atoms with Crippen LogP contribution in [0, 0.1) is 17.3 Å². The Morgan fingerprint density at radius 3 is 2.72 bits per heavy atom. The minimum Gasteiger partial charge on any atom is -0.458 e. The molecule has 1 N–H and O–H groups in total. The third kappa shape index (κ3) is 1.92. The average Bonchev–Trinajstić information content (AvgIpc) is 3.13. The summed E-state index contributed by atoms with van der Waals surface area (Å²) in [7, 11) is 0. The first kappa shape index (κ1) is 16.8. The molecule has 6 heteroatoms. The van der Waals surface area contributed by atoms with Gasteiger partial charge in [0.2, 0.25) is 0 Å². The highest BCUT2D eigenvalue weighted by atomic mass is 16.6. The third-order valence-corrected chi connectivity index (χ3v) is 6.82. The summed E-state index contributed by atoms with van der Waals surface area (Å²) in [5.74, 6) is -1.86. The standard InChI is InChI=1S/C19H24O6/c1-8(2)16(21)23-12-11-9(3)17(22)24-13(11)15(20)19(5)10-6-7-18(4,25-10)14(12)19/h10-15,20H,1,3,6-7H2,2,4-5H3. The van der Waals surface area contributed by atoms with Gasteiger partial charge in [-0.1, -0.05) is 20.1 Å². The van der Waals surface area contributed by atoms with Crippen molar-refractivity contribution < 1.29 is 28.9 Å². The van der Waals surface area contributed by atoms with Gasteiger partial charge < -0.3 is 19.3 Å². The number of hydrogen-bond donors (Lipinski definition) is 1. The third-order valence-electron chi connectivity index (χ3n) is 6.82. The smallest absolute Gasteiger partial charge is 0.334 e. The van der Waals surface area contributed by atoms with Crippen molar-refractivity contribution in [3.8, 4) is 0 Å². The molecule has 0 spiro atoms. The van der Waals surface area contributed by atoms with Crippen molar-refractivity contribution in [2.24, 2.45) is 17.3 Å². The van der Waals surface area contributed by atoms with Gasteiger partial charge in [0.05, 0.1) is 17.6 Å². The minimum absolute atomic E-state index is 0.156. The zero-order chi connectivity index (χ0) is 18.3. The number of ether oxygens (including phenoxy) is 3. The van der Waals surface area contributed by atoms with Gasteiger partial charge in [0.15, 0.2) is 0 Å². The Labute approximate surface area is 146 Å². The minimum atomic E-state index is -0.891. The van der Waals surface area contributed by atoms with Crippen LogP contribution in [-0.2, 0) is 23.8 Å². The van der Waals surface area contributed by atoms with Crippen LogP contribution in [0.5, 0.6) is 0 Å². The lowest BCUT2D eigenvalue weighted by molar-refractivity contribution is -0.202. The van der Waals surface area contributed by atoms with Gasteiger partial charge in [-0.2, -0.15) is 0 Å². The normalized spacial score (nSPS) is 50.2. The fourth-order valence-electron chi connectivity index (χ4n) is 5.64. The molecule has 8 unspecified atom stereocenters. The Bertz CT molecular complexity index is 698. The van der Waals surface area contributed by atoms with Crippen LogP contribution < -0.4 is 0 Å². The lowest BCUT2D eigenvalue weighted by Crippen LogP contribution is -2.65. The predicted molar refractivity (Wildman–Crippen MR) is 87.3 cm³/mol. The van der Waals surface area contributed by atoms with Gasteiger partial charge in [-0.3, -0.25) is 0 Å². The number of carbonyl (C=O) groups is 2. The highest BCUT2D eigenvalue weighted by Gasteiger charge is 2.75. The fourth-order valence-corrected chi connectivity index (χ4v) is 5.64. The molecule has 6 nitrogen and oxygen atoms in total. The molecule has 1 saturated carbocycles. The van der Waals surface area contributed by atoms with E-state index >= 15 is 0 Å². The first-order valence-corrected chi connectivity index (χ1v) is 8.73. The molecule has 0 aromatic heterocycles. The molecule has 3 heterocycles. The summed E-state index contributed by atoms with van der Waals surface area (Å²) in [5, 5.41) is 11.1. The zero-order valence-corrected chi connectivity index (χ0v) is 14.8. The van der Waals surface area contributed by atoms with E-state index in [1.54, 1.807) is 6.92 Å². The molecule has 4 rings (SSSR count). The van der Waals surface area contributed by atoms with Crippen molar-refractivity contribution >= 4 is 11.9 Å². The first-order chi connectivity index (χ1) is 11.6. The highest BCUT2D eigenvalue weighted by Crippen LogP contribution is 2.66. The largest absolute Gasteiger partial charge is 0.458 e. The summed E-state index contributed by atoms with van der Waals surface area (Å²) >= 11 is 0. The Hall–Kier alpha value is -1.66. The highest BCUT2D eigenvalue weighted by molar-refractivity contribution is 5.92. The van der Waals surface area contributed by atoms with Crippen molar-refractivity contribution in [1.82, 2.24) is 0 Å². The molecule has 1 aliphatic carbocycles. The average molecular weight is 348 g/mol. The summed E-state index contributed by atoms with van der Waals surface area (Å²) in [6, 6.07) is 0. The van der Waals surface area contributed by atoms with E-state index in [0.29, 0.717) is 0 Å². The Morgan fingerprint density at radius 1 is 1.40 bits per heavy atom. The van der Waals surface area contributed by atoms with Crippen molar-refractivity contribution in [2.45, 2.75) is 63.6 Å². The number of esters is 2. The molecule has 25 heavy (non-hydrogen) atoms. The Balaban J connectivity index is 1.83. The second-order valence-electron chi connectivity index (χ2n) is 8.32. The van der Waals surface area contributed by atoms with E-state index in [2.05, 4.69) is 13.2 Å². The molecule has 8 atom stereocenters. The van der Waals surface area contributed by atoms with Gasteiger partial charge >= 0.3 is 11.9 Å². The Morgan fingerprint density at radius 2 is 2.08 bits per heavy atom. The molecule has 0 radical (unpaired) electrons. The number of hydrogen-bond acceptors (Lipinski definition) is 6. The topological polar surface area (TPSA) is 82.1 Å². The maximum absolute atomic E-state index is 12.3. The molecule has 4 aliphatic rings. The summed E-state index contributed by atoms with van der Waals surface area (Å²) < 4.78 is 17.5. The van der Waals surface area contributed by atoms with Crippen molar-refractivity contribution in [3.63, 3.8) is 0 Å². The van der Waals surface area contributed by atoms with Crippen LogP contribution in [0.4, 0.5) is 0 Å². The molecular formula is C19H24O6. The lowest BCUT2D eigenvalue weighted by atomic mass is 9.51. The SMILES string of the molecule is C=C(C)C(=O)OC1C2C(=C)C(=O)OC2C(O)C2(C)C3CCC(C)(O3)C12. The molecule has 2 bridgehead atoms. The van der Waals surface area contributed by atoms with E-state index in [4.69, 9.17) is 14.2 Å². The van der Waals surface area contributed by atoms with Gasteiger partial charge in [0.25, 0.3) is 0 Å². The van der Waals surface area contributed by atoms with Crippen LogP contribution >= 0.6 is 0 Å². The van der Waals surface area contributed by atoms with Gasteiger partial charge in [-0.15, -0.1) is 0 Å². The second kappa shape index (κ2) is 4.95. The van der Waals surface area contributed by atoms with E-state index in [9.17, 15) is 14.7 Å². The number of carbonyl (C=O) groups excluding carboxylic acids is 2. The molecule has 0 aromatic carbocycles. The monoisotopic (exact) mass is 348 g/mol. The molecular weight excluding hydrogens is 324 g/mol. The van der Waals surface area contributed by atoms with E-state index in [1.807, 2.05) is 13.8 Å². The van der Waals surface area contributed by atoms with E-state index in [-0.39, 0.29) is 23.2 Å². The molecule has 0 amide bonds. The number of aliphatic hydroxyl groups excluding tert-OH is 1.